The molecule has 0 radical (unpaired) electrons. The van der Waals surface area contributed by atoms with Gasteiger partial charge in [0.2, 0.25) is 0 Å². The van der Waals surface area contributed by atoms with Crippen LogP contribution in [0.4, 0.5) is 0 Å². The van der Waals surface area contributed by atoms with Crippen LogP contribution in [0.1, 0.15) is 40.0 Å². The SMILES string of the molecule is CC1C[C@]23OC(=O)/C4=C(\O)CC[C@H](C)C(=O)[C@@H]5[C@@H](O)C2C(O)[C@@]1(C)OC453. The number of hydrogen-bond donors (Lipinski definition) is 3. The average molecular weight is 364 g/mol. The number of allylic oxidation sites excluding steroid dienone is 1. The van der Waals surface area contributed by atoms with E-state index in [0.717, 1.165) is 0 Å². The van der Waals surface area contributed by atoms with Gasteiger partial charge in [0.1, 0.15) is 17.1 Å². The number of aliphatic hydroxyl groups is 3. The normalized spacial score (nSPS) is 60.5. The van der Waals surface area contributed by atoms with Crippen molar-refractivity contribution in [1.82, 2.24) is 0 Å². The molecule has 4 bridgehead atoms. The van der Waals surface area contributed by atoms with Gasteiger partial charge in [-0.25, -0.2) is 4.79 Å². The zero-order valence-corrected chi connectivity index (χ0v) is 15.1. The van der Waals surface area contributed by atoms with Gasteiger partial charge in [0.05, 0.1) is 29.6 Å². The number of Topliss-reactive ketones (excluding diaryl/α,β-unsaturated/α-hetero) is 1. The second kappa shape index (κ2) is 4.51. The van der Waals surface area contributed by atoms with E-state index in [4.69, 9.17) is 9.47 Å². The Hall–Kier alpha value is -1.44. The summed E-state index contributed by atoms with van der Waals surface area (Å²) < 4.78 is 12.2. The summed E-state index contributed by atoms with van der Waals surface area (Å²) in [4.78, 5) is 26.0. The molecule has 5 fully saturated rings. The predicted octanol–water partition coefficient (Wildman–Crippen LogP) is 0.628. The number of ether oxygens (including phenoxy) is 2. The molecular weight excluding hydrogens is 340 g/mol. The van der Waals surface area contributed by atoms with Crippen LogP contribution < -0.4 is 0 Å². The van der Waals surface area contributed by atoms with Crippen molar-refractivity contribution in [2.24, 2.45) is 23.7 Å². The zero-order chi connectivity index (χ0) is 18.8. The van der Waals surface area contributed by atoms with Gasteiger partial charge in [0.25, 0.3) is 0 Å². The standard InChI is InChI=1S/C19H24O7/c1-7-4-5-9(20)10-16(24)25-18-6-8(2)17(3)15(23)12(18)14(22)11(13(7)21)19(10,18)26-17/h7-8,11-12,14-15,20,22-23H,4-6H2,1-3H3/b10-9+/t7-,8?,11+,12?,14+,15?,17-,18-,19?/m0/s1. The van der Waals surface area contributed by atoms with Crippen LogP contribution in [-0.2, 0) is 19.1 Å². The lowest BCUT2D eigenvalue weighted by atomic mass is 9.56. The maximum absolute atomic E-state index is 13.2. The Balaban J connectivity index is 1.87. The van der Waals surface area contributed by atoms with Gasteiger partial charge in [-0.2, -0.15) is 0 Å². The summed E-state index contributed by atoms with van der Waals surface area (Å²) >= 11 is 0. The van der Waals surface area contributed by atoms with E-state index in [1.165, 1.54) is 0 Å². The fraction of sp³-hybridized carbons (Fsp3) is 0.789. The third-order valence-corrected chi connectivity index (χ3v) is 7.96. The minimum absolute atomic E-state index is 0.0191. The van der Waals surface area contributed by atoms with E-state index < -0.39 is 52.7 Å². The van der Waals surface area contributed by atoms with Crippen LogP contribution in [0.2, 0.25) is 0 Å². The Bertz CT molecular complexity index is 774. The first-order valence-electron chi connectivity index (χ1n) is 9.38. The van der Waals surface area contributed by atoms with E-state index in [1.807, 2.05) is 6.92 Å². The number of carbonyl (C=O) groups is 2. The van der Waals surface area contributed by atoms with Gasteiger partial charge >= 0.3 is 5.97 Å². The number of carbonyl (C=O) groups excluding carboxylic acids is 2. The second-order valence-electron chi connectivity index (χ2n) is 9.01. The minimum atomic E-state index is -1.52. The topological polar surface area (TPSA) is 113 Å². The lowest BCUT2D eigenvalue weighted by Crippen LogP contribution is -2.76. The molecule has 3 aliphatic heterocycles. The van der Waals surface area contributed by atoms with Gasteiger partial charge in [0, 0.05) is 12.3 Å². The highest BCUT2D eigenvalue weighted by molar-refractivity contribution is 6.00. The molecule has 3 aliphatic carbocycles. The maximum Gasteiger partial charge on any atom is 0.341 e. The summed E-state index contributed by atoms with van der Waals surface area (Å²) in [7, 11) is 0. The predicted molar refractivity (Wildman–Crippen MR) is 86.9 cm³/mol. The van der Waals surface area contributed by atoms with Crippen molar-refractivity contribution in [3.63, 3.8) is 0 Å². The monoisotopic (exact) mass is 364 g/mol. The average Bonchev–Trinajstić information content (AvgIpc) is 2.87. The molecule has 2 saturated carbocycles. The molecule has 2 spiro atoms. The van der Waals surface area contributed by atoms with E-state index in [1.54, 1.807) is 13.8 Å². The van der Waals surface area contributed by atoms with E-state index in [2.05, 4.69) is 0 Å². The highest BCUT2D eigenvalue weighted by atomic mass is 16.6. The van der Waals surface area contributed by atoms with E-state index in [-0.39, 0.29) is 29.5 Å². The van der Waals surface area contributed by atoms with Crippen molar-refractivity contribution in [2.45, 2.75) is 69.0 Å². The van der Waals surface area contributed by atoms with E-state index in [9.17, 15) is 24.9 Å². The molecule has 0 aromatic rings. The molecule has 3 saturated heterocycles. The lowest BCUT2D eigenvalue weighted by molar-refractivity contribution is -0.342. The van der Waals surface area contributed by atoms with Gasteiger partial charge in [-0.15, -0.1) is 0 Å². The van der Waals surface area contributed by atoms with Crippen LogP contribution in [-0.4, -0.2) is 56.1 Å². The third-order valence-electron chi connectivity index (χ3n) is 7.96. The number of rotatable bonds is 0. The van der Waals surface area contributed by atoms with Crippen LogP contribution in [0, 0.1) is 23.7 Å². The van der Waals surface area contributed by atoms with Crippen LogP contribution in [0.3, 0.4) is 0 Å². The Labute approximate surface area is 151 Å². The molecule has 3 heterocycles. The van der Waals surface area contributed by atoms with Crippen molar-refractivity contribution in [1.29, 1.82) is 0 Å². The molecular formula is C19H24O7. The fourth-order valence-electron chi connectivity index (χ4n) is 6.53. The van der Waals surface area contributed by atoms with Crippen molar-refractivity contribution in [3.05, 3.63) is 11.3 Å². The van der Waals surface area contributed by atoms with Crippen LogP contribution in [0.15, 0.2) is 11.3 Å². The van der Waals surface area contributed by atoms with E-state index in [0.29, 0.717) is 12.8 Å². The molecule has 6 aliphatic rings. The van der Waals surface area contributed by atoms with Gasteiger partial charge in [0.15, 0.2) is 11.2 Å². The largest absolute Gasteiger partial charge is 0.512 e. The first kappa shape index (κ1) is 16.7. The smallest absolute Gasteiger partial charge is 0.341 e. The summed E-state index contributed by atoms with van der Waals surface area (Å²) in [5.41, 5.74) is -3.90. The molecule has 9 atom stereocenters. The Morgan fingerprint density at radius 3 is 2.58 bits per heavy atom. The first-order valence-corrected chi connectivity index (χ1v) is 9.38. The van der Waals surface area contributed by atoms with Crippen LogP contribution in [0.5, 0.6) is 0 Å². The zero-order valence-electron chi connectivity index (χ0n) is 15.1. The fourth-order valence-corrected chi connectivity index (χ4v) is 6.53. The quantitative estimate of drug-likeness (QED) is 0.540. The van der Waals surface area contributed by atoms with Gasteiger partial charge < -0.3 is 24.8 Å². The number of esters is 1. The maximum atomic E-state index is 13.2. The first-order chi connectivity index (χ1) is 12.1. The molecule has 142 valence electrons. The molecule has 0 amide bonds. The van der Waals surface area contributed by atoms with Gasteiger partial charge in [-0.3, -0.25) is 4.79 Å². The highest BCUT2D eigenvalue weighted by Gasteiger charge is 2.89. The number of aliphatic hydroxyl groups excluding tert-OH is 3. The summed E-state index contributed by atoms with van der Waals surface area (Å²) in [6.45, 7) is 5.42. The highest BCUT2D eigenvalue weighted by Crippen LogP contribution is 2.73. The van der Waals surface area contributed by atoms with Crippen LogP contribution in [0.25, 0.3) is 0 Å². The third kappa shape index (κ3) is 1.40. The number of ketones is 1. The number of hydrogen-bond acceptors (Lipinski definition) is 7. The summed E-state index contributed by atoms with van der Waals surface area (Å²) in [6.07, 6.45) is -1.32. The molecule has 6 rings (SSSR count). The molecule has 0 aromatic heterocycles. The van der Waals surface area contributed by atoms with Crippen molar-refractivity contribution < 1.29 is 34.4 Å². The van der Waals surface area contributed by atoms with Crippen molar-refractivity contribution in [2.75, 3.05) is 0 Å². The Kier molecular flexibility index (Phi) is 2.90. The van der Waals surface area contributed by atoms with E-state index >= 15 is 0 Å². The molecule has 0 aromatic carbocycles. The summed E-state index contributed by atoms with van der Waals surface area (Å²) in [5.74, 6) is -3.40. The molecule has 26 heavy (non-hydrogen) atoms. The Morgan fingerprint density at radius 1 is 1.19 bits per heavy atom. The van der Waals surface area contributed by atoms with Crippen molar-refractivity contribution >= 4 is 11.8 Å². The minimum Gasteiger partial charge on any atom is -0.512 e. The number of fused-ring (bicyclic) bond motifs is 1. The van der Waals surface area contributed by atoms with Crippen LogP contribution >= 0.6 is 0 Å². The summed E-state index contributed by atoms with van der Waals surface area (Å²) in [5, 5.41) is 32.8. The van der Waals surface area contributed by atoms with Gasteiger partial charge in [-0.05, 0) is 25.7 Å². The van der Waals surface area contributed by atoms with Gasteiger partial charge in [-0.1, -0.05) is 13.8 Å². The Morgan fingerprint density at radius 2 is 1.88 bits per heavy atom. The lowest BCUT2D eigenvalue weighted by Gasteiger charge is -2.63. The summed E-state index contributed by atoms with van der Waals surface area (Å²) in [6, 6.07) is 0. The molecule has 3 N–H and O–H groups in total. The second-order valence-corrected chi connectivity index (χ2v) is 9.01. The van der Waals surface area contributed by atoms with Crippen molar-refractivity contribution in [3.8, 4) is 0 Å². The molecule has 7 nitrogen and oxygen atoms in total. The molecule has 7 heteroatoms. The molecule has 4 unspecified atom stereocenters.